The second-order valence-corrected chi connectivity index (χ2v) is 6.13. The van der Waals surface area contributed by atoms with Crippen molar-refractivity contribution < 1.29 is 32.5 Å². The van der Waals surface area contributed by atoms with Crippen LogP contribution in [-0.4, -0.2) is 27.0 Å². The Morgan fingerprint density at radius 1 is 1.27 bits per heavy atom. The average molecular weight is 413 g/mol. The van der Waals surface area contributed by atoms with Crippen molar-refractivity contribution in [1.82, 2.24) is 9.78 Å². The van der Waals surface area contributed by atoms with E-state index < -0.39 is 23.9 Å². The first kappa shape index (κ1) is 20.2. The number of benzene rings is 1. The van der Waals surface area contributed by atoms with Gasteiger partial charge in [-0.3, -0.25) is 0 Å². The van der Waals surface area contributed by atoms with Crippen molar-refractivity contribution in [2.24, 2.45) is 7.05 Å². The molecule has 142 valence electrons. The highest BCUT2D eigenvalue weighted by Gasteiger charge is 2.38. The number of halogens is 5. The fraction of sp³-hybridized carbons (Fsp3) is 0.333. The summed E-state index contributed by atoms with van der Waals surface area (Å²) < 4.78 is 50.4. The van der Waals surface area contributed by atoms with Gasteiger partial charge in [-0.2, -0.15) is 18.3 Å². The Labute approximate surface area is 156 Å². The second-order valence-electron chi connectivity index (χ2n) is 5.31. The molecule has 0 aliphatic heterocycles. The van der Waals surface area contributed by atoms with Crippen LogP contribution in [0.3, 0.4) is 0 Å². The molecule has 6 nitrogen and oxygen atoms in total. The van der Waals surface area contributed by atoms with Gasteiger partial charge in [0.25, 0.3) is 0 Å². The maximum Gasteiger partial charge on any atom is 0.435 e. The van der Waals surface area contributed by atoms with Crippen LogP contribution in [0.1, 0.15) is 18.2 Å². The van der Waals surface area contributed by atoms with E-state index in [1.165, 1.54) is 33.0 Å². The Bertz CT molecular complexity index is 852. The zero-order valence-corrected chi connectivity index (χ0v) is 15.2. The molecule has 1 aromatic heterocycles. The molecule has 2 rings (SSSR count). The highest BCUT2D eigenvalue weighted by molar-refractivity contribution is 6.36. The lowest BCUT2D eigenvalue weighted by atomic mass is 10.2. The maximum absolute atomic E-state index is 12.9. The number of hydrogen-bond donors (Lipinski definition) is 1. The summed E-state index contributed by atoms with van der Waals surface area (Å²) in [6.45, 7) is 2.49. The molecule has 0 aliphatic carbocycles. The zero-order chi connectivity index (χ0) is 19.8. The number of rotatable bonds is 5. The minimum atomic E-state index is -4.64. The molecule has 0 aliphatic rings. The van der Waals surface area contributed by atoms with E-state index >= 15 is 0 Å². The fourth-order valence-electron chi connectivity index (χ4n) is 2.05. The summed E-state index contributed by atoms with van der Waals surface area (Å²) in [5, 5.41) is 12.3. The van der Waals surface area contributed by atoms with Crippen molar-refractivity contribution in [1.29, 1.82) is 0 Å². The number of ether oxygens (including phenoxy) is 2. The maximum atomic E-state index is 12.9. The molecular weight excluding hydrogens is 400 g/mol. The molecule has 0 fully saturated rings. The van der Waals surface area contributed by atoms with Crippen molar-refractivity contribution in [3.05, 3.63) is 33.4 Å². The minimum Gasteiger partial charge on any atom is -0.479 e. The summed E-state index contributed by atoms with van der Waals surface area (Å²) in [4.78, 5) is 10.9. The Balaban J connectivity index is 2.42. The molecule has 1 N–H and O–H groups in total. The van der Waals surface area contributed by atoms with Crippen LogP contribution in [-0.2, 0) is 18.0 Å². The van der Waals surface area contributed by atoms with Crippen molar-refractivity contribution >= 4 is 29.2 Å². The highest BCUT2D eigenvalue weighted by Crippen LogP contribution is 2.41. The molecule has 1 aromatic carbocycles. The molecule has 0 radical (unpaired) electrons. The molecule has 0 bridgehead atoms. The summed E-state index contributed by atoms with van der Waals surface area (Å²) in [5.74, 6) is -1.52. The number of nitrogens with zero attached hydrogens (tertiary/aromatic N) is 2. The van der Waals surface area contributed by atoms with Gasteiger partial charge in [-0.25, -0.2) is 9.48 Å². The predicted molar refractivity (Wildman–Crippen MR) is 87.2 cm³/mol. The van der Waals surface area contributed by atoms with Crippen LogP contribution in [0.15, 0.2) is 12.1 Å². The Morgan fingerprint density at radius 3 is 2.35 bits per heavy atom. The number of carboxylic acid groups (broad SMARTS) is 1. The first-order valence-corrected chi connectivity index (χ1v) is 7.84. The molecule has 0 spiro atoms. The molecule has 1 heterocycles. The molecule has 0 saturated carbocycles. The van der Waals surface area contributed by atoms with Crippen LogP contribution >= 0.6 is 23.2 Å². The third-order valence-electron chi connectivity index (χ3n) is 3.33. The van der Waals surface area contributed by atoms with E-state index in [0.29, 0.717) is 0 Å². The standard InChI is InChI=1S/C15H13Cl2F3N2O4/c1-6-12(15(18,19)20)21-22(3)13(6)26-11-5-10(8(16)4-9(11)17)25-7(2)14(23)24/h4-5,7H,1-3H3,(H,23,24)/t7-/m0/s1. The van der Waals surface area contributed by atoms with Gasteiger partial charge in [0, 0.05) is 18.7 Å². The highest BCUT2D eigenvalue weighted by atomic mass is 35.5. The molecule has 2 aromatic rings. The average Bonchev–Trinajstić information content (AvgIpc) is 2.79. The van der Waals surface area contributed by atoms with E-state index in [4.69, 9.17) is 37.8 Å². The summed E-state index contributed by atoms with van der Waals surface area (Å²) >= 11 is 12.0. The van der Waals surface area contributed by atoms with Crippen molar-refractivity contribution in [2.45, 2.75) is 26.1 Å². The number of alkyl halides is 3. The van der Waals surface area contributed by atoms with E-state index in [0.717, 1.165) is 4.68 Å². The third kappa shape index (κ3) is 4.16. The van der Waals surface area contributed by atoms with Gasteiger partial charge in [-0.15, -0.1) is 0 Å². The Kier molecular flexibility index (Phi) is 5.62. The van der Waals surface area contributed by atoms with Gasteiger partial charge in [0.2, 0.25) is 5.88 Å². The lowest BCUT2D eigenvalue weighted by Gasteiger charge is -2.15. The van der Waals surface area contributed by atoms with Crippen LogP contribution in [0.25, 0.3) is 0 Å². The molecular formula is C15H13Cl2F3N2O4. The molecule has 0 unspecified atom stereocenters. The van der Waals surface area contributed by atoms with E-state index in [-0.39, 0.29) is 33.0 Å². The minimum absolute atomic E-state index is 0.000475. The first-order chi connectivity index (χ1) is 11.9. The van der Waals surface area contributed by atoms with Gasteiger partial charge in [-0.05, 0) is 19.9 Å². The summed E-state index contributed by atoms with van der Waals surface area (Å²) in [7, 11) is 1.28. The molecule has 1 atom stereocenters. The third-order valence-corrected chi connectivity index (χ3v) is 3.92. The van der Waals surface area contributed by atoms with Crippen LogP contribution in [0.2, 0.25) is 10.0 Å². The number of aryl methyl sites for hydroxylation is 1. The van der Waals surface area contributed by atoms with E-state index in [1.54, 1.807) is 0 Å². The van der Waals surface area contributed by atoms with E-state index in [1.807, 2.05) is 0 Å². The van der Waals surface area contributed by atoms with Crippen LogP contribution < -0.4 is 9.47 Å². The van der Waals surface area contributed by atoms with Crippen LogP contribution in [0.4, 0.5) is 13.2 Å². The lowest BCUT2D eigenvalue weighted by Crippen LogP contribution is -2.23. The lowest BCUT2D eigenvalue weighted by molar-refractivity contribution is -0.144. The fourth-order valence-corrected chi connectivity index (χ4v) is 2.52. The number of carbonyl (C=O) groups is 1. The second kappa shape index (κ2) is 7.24. The van der Waals surface area contributed by atoms with Crippen LogP contribution in [0, 0.1) is 6.92 Å². The van der Waals surface area contributed by atoms with Crippen molar-refractivity contribution in [2.75, 3.05) is 0 Å². The smallest absolute Gasteiger partial charge is 0.435 e. The topological polar surface area (TPSA) is 73.6 Å². The predicted octanol–water partition coefficient (Wildman–Crippen LogP) is 4.70. The summed E-state index contributed by atoms with van der Waals surface area (Å²) in [6.07, 6.45) is -5.85. The Morgan fingerprint density at radius 2 is 1.85 bits per heavy atom. The molecule has 0 amide bonds. The van der Waals surface area contributed by atoms with Gasteiger partial charge < -0.3 is 14.6 Å². The number of carboxylic acids is 1. The van der Waals surface area contributed by atoms with Gasteiger partial charge in [-0.1, -0.05) is 23.2 Å². The van der Waals surface area contributed by atoms with Gasteiger partial charge >= 0.3 is 12.1 Å². The number of aromatic nitrogens is 2. The largest absolute Gasteiger partial charge is 0.479 e. The summed E-state index contributed by atoms with van der Waals surface area (Å²) in [6, 6.07) is 2.43. The quantitative estimate of drug-likeness (QED) is 0.770. The molecule has 0 saturated heterocycles. The molecule has 26 heavy (non-hydrogen) atoms. The SMILES string of the molecule is Cc1c(C(F)(F)F)nn(C)c1Oc1cc(O[C@@H](C)C(=O)O)c(Cl)cc1Cl. The van der Waals surface area contributed by atoms with E-state index in [2.05, 4.69) is 5.10 Å². The number of hydrogen-bond acceptors (Lipinski definition) is 4. The zero-order valence-electron chi connectivity index (χ0n) is 13.7. The van der Waals surface area contributed by atoms with Gasteiger partial charge in [0.1, 0.15) is 5.75 Å². The number of aliphatic carboxylic acids is 1. The first-order valence-electron chi connectivity index (χ1n) is 7.09. The van der Waals surface area contributed by atoms with E-state index in [9.17, 15) is 18.0 Å². The normalized spacial score (nSPS) is 12.8. The summed E-state index contributed by atoms with van der Waals surface area (Å²) in [5.41, 5.74) is -1.32. The van der Waals surface area contributed by atoms with Crippen molar-refractivity contribution in [3.8, 4) is 17.4 Å². The van der Waals surface area contributed by atoms with Gasteiger partial charge in [0.05, 0.1) is 10.0 Å². The molecule has 11 heteroatoms. The van der Waals surface area contributed by atoms with Crippen molar-refractivity contribution in [3.63, 3.8) is 0 Å². The van der Waals surface area contributed by atoms with Crippen LogP contribution in [0.5, 0.6) is 17.4 Å². The van der Waals surface area contributed by atoms with Gasteiger partial charge in [0.15, 0.2) is 17.5 Å². The Hall–Kier alpha value is -2.13. The monoisotopic (exact) mass is 412 g/mol.